The van der Waals surface area contributed by atoms with Crippen LogP contribution in [0.15, 0.2) is 170 Å². The van der Waals surface area contributed by atoms with E-state index < -0.39 is 5.41 Å². The zero-order valence-corrected chi connectivity index (χ0v) is 25.1. The van der Waals surface area contributed by atoms with E-state index in [-0.39, 0.29) is 0 Å². The fourth-order valence-corrected chi connectivity index (χ4v) is 8.28. The minimum atomic E-state index is -0.481. The molecule has 0 saturated carbocycles. The van der Waals surface area contributed by atoms with Gasteiger partial charge in [-0.25, -0.2) is 0 Å². The Labute approximate surface area is 268 Å². The van der Waals surface area contributed by atoms with Crippen LogP contribution in [-0.2, 0) is 5.41 Å². The average Bonchev–Trinajstić information content (AvgIpc) is 3.43. The second kappa shape index (κ2) is 9.54. The van der Waals surface area contributed by atoms with Gasteiger partial charge in [0, 0.05) is 10.9 Å². The zero-order valence-electron chi connectivity index (χ0n) is 25.1. The van der Waals surface area contributed by atoms with E-state index in [0.717, 1.165) is 17.1 Å². The van der Waals surface area contributed by atoms with E-state index in [1.807, 2.05) is 0 Å². The Kier molecular flexibility index (Phi) is 5.27. The summed E-state index contributed by atoms with van der Waals surface area (Å²) in [7, 11) is 0. The molecule has 8 aromatic carbocycles. The summed E-state index contributed by atoms with van der Waals surface area (Å²) in [5, 5.41) is 4.91. The van der Waals surface area contributed by atoms with Gasteiger partial charge in [0.05, 0.1) is 5.41 Å². The Morgan fingerprint density at radius 1 is 0.391 bits per heavy atom. The Hall–Kier alpha value is -5.92. The van der Waals surface area contributed by atoms with Crippen molar-refractivity contribution in [3.8, 4) is 44.9 Å². The van der Waals surface area contributed by atoms with Crippen molar-refractivity contribution < 1.29 is 4.74 Å². The molecule has 0 spiro atoms. The molecular formula is C45H28O. The summed E-state index contributed by atoms with van der Waals surface area (Å²) in [6, 6.07) is 62.1. The van der Waals surface area contributed by atoms with Crippen LogP contribution in [0.4, 0.5) is 0 Å². The number of ether oxygens (including phenoxy) is 1. The van der Waals surface area contributed by atoms with Crippen LogP contribution >= 0.6 is 0 Å². The minimum Gasteiger partial charge on any atom is -0.456 e. The van der Waals surface area contributed by atoms with E-state index in [0.29, 0.717) is 0 Å². The molecule has 0 bridgehead atoms. The molecule has 0 atom stereocenters. The van der Waals surface area contributed by atoms with E-state index in [9.17, 15) is 0 Å². The van der Waals surface area contributed by atoms with Gasteiger partial charge in [0.15, 0.2) is 0 Å². The minimum absolute atomic E-state index is 0.481. The summed E-state index contributed by atoms with van der Waals surface area (Å²) in [5.74, 6) is 1.82. The first-order valence-electron chi connectivity index (χ1n) is 15.9. The Morgan fingerprint density at radius 3 is 1.85 bits per heavy atom. The molecule has 1 heteroatoms. The maximum Gasteiger partial charge on any atom is 0.135 e. The number of hydrogen-bond acceptors (Lipinski definition) is 1. The van der Waals surface area contributed by atoms with Crippen molar-refractivity contribution in [3.63, 3.8) is 0 Å². The molecule has 10 rings (SSSR count). The van der Waals surface area contributed by atoms with Crippen LogP contribution in [0, 0.1) is 0 Å². The second-order valence-electron chi connectivity index (χ2n) is 12.4. The van der Waals surface area contributed by atoms with Gasteiger partial charge in [-0.2, -0.15) is 0 Å². The van der Waals surface area contributed by atoms with E-state index in [1.54, 1.807) is 0 Å². The summed E-state index contributed by atoms with van der Waals surface area (Å²) in [6.45, 7) is 0. The maximum atomic E-state index is 6.58. The lowest BCUT2D eigenvalue weighted by Crippen LogP contribution is -2.28. The van der Waals surface area contributed by atoms with Crippen molar-refractivity contribution in [2.75, 3.05) is 0 Å². The maximum absolute atomic E-state index is 6.58. The van der Waals surface area contributed by atoms with E-state index >= 15 is 0 Å². The topological polar surface area (TPSA) is 9.23 Å². The van der Waals surface area contributed by atoms with Crippen molar-refractivity contribution in [2.24, 2.45) is 0 Å². The summed E-state index contributed by atoms with van der Waals surface area (Å²) in [6.07, 6.45) is 0. The fraction of sp³-hybridized carbons (Fsp3) is 0.0222. The molecule has 8 aromatic rings. The third-order valence-electron chi connectivity index (χ3n) is 10.1. The predicted molar refractivity (Wildman–Crippen MR) is 190 cm³/mol. The molecular weight excluding hydrogens is 556 g/mol. The van der Waals surface area contributed by atoms with Gasteiger partial charge in [0.2, 0.25) is 0 Å². The van der Waals surface area contributed by atoms with Gasteiger partial charge in [0.1, 0.15) is 11.5 Å². The van der Waals surface area contributed by atoms with Crippen LogP contribution in [0.2, 0.25) is 0 Å². The van der Waals surface area contributed by atoms with Crippen LogP contribution in [0.3, 0.4) is 0 Å². The van der Waals surface area contributed by atoms with E-state index in [4.69, 9.17) is 4.74 Å². The highest BCUT2D eigenvalue weighted by molar-refractivity contribution is 6.08. The number of benzene rings is 8. The molecule has 0 N–H and O–H groups in total. The summed E-state index contributed by atoms with van der Waals surface area (Å²) in [5.41, 5.74) is 12.0. The predicted octanol–water partition coefficient (Wildman–Crippen LogP) is 11.8. The number of hydrogen-bond donors (Lipinski definition) is 0. The molecule has 0 unspecified atom stereocenters. The molecule has 1 aliphatic carbocycles. The zero-order chi connectivity index (χ0) is 30.2. The molecule has 0 aromatic heterocycles. The highest BCUT2D eigenvalue weighted by atomic mass is 16.5. The molecule has 1 aliphatic heterocycles. The highest BCUT2D eigenvalue weighted by Crippen LogP contribution is 2.59. The lowest BCUT2D eigenvalue weighted by Gasteiger charge is -2.34. The van der Waals surface area contributed by atoms with Crippen LogP contribution in [-0.4, -0.2) is 0 Å². The molecule has 1 nitrogen and oxygen atoms in total. The number of fused-ring (bicyclic) bond motifs is 7. The molecule has 2 aliphatic rings. The fourth-order valence-electron chi connectivity index (χ4n) is 8.28. The van der Waals surface area contributed by atoms with Gasteiger partial charge in [-0.15, -0.1) is 0 Å². The SMILES string of the molecule is c1ccc(C2(c3ccccc3)c3cc(-c4cccc5c4-c4cccc6cccc(c46)O5)ccc3-c3c2ccc2ccccc32)cc1. The van der Waals surface area contributed by atoms with Gasteiger partial charge >= 0.3 is 0 Å². The van der Waals surface area contributed by atoms with Gasteiger partial charge < -0.3 is 4.74 Å². The third kappa shape index (κ3) is 3.35. The van der Waals surface area contributed by atoms with Crippen LogP contribution < -0.4 is 4.74 Å². The smallest absolute Gasteiger partial charge is 0.135 e. The Balaban J connectivity index is 1.31. The van der Waals surface area contributed by atoms with Crippen molar-refractivity contribution >= 4 is 21.5 Å². The van der Waals surface area contributed by atoms with Gasteiger partial charge in [-0.1, -0.05) is 152 Å². The quantitative estimate of drug-likeness (QED) is 0.201. The summed E-state index contributed by atoms with van der Waals surface area (Å²) in [4.78, 5) is 0. The average molecular weight is 585 g/mol. The first-order chi connectivity index (χ1) is 22.8. The van der Waals surface area contributed by atoms with Crippen LogP contribution in [0.1, 0.15) is 22.3 Å². The van der Waals surface area contributed by atoms with Crippen LogP contribution in [0.25, 0.3) is 54.9 Å². The molecule has 1 heterocycles. The van der Waals surface area contributed by atoms with Crippen molar-refractivity contribution in [3.05, 3.63) is 192 Å². The Bertz CT molecular complexity index is 2450. The number of rotatable bonds is 3. The largest absolute Gasteiger partial charge is 0.456 e. The monoisotopic (exact) mass is 584 g/mol. The van der Waals surface area contributed by atoms with E-state index in [2.05, 4.69) is 170 Å². The van der Waals surface area contributed by atoms with Gasteiger partial charge in [0.25, 0.3) is 0 Å². The molecule has 214 valence electrons. The molecule has 0 radical (unpaired) electrons. The Morgan fingerprint density at radius 2 is 1.04 bits per heavy atom. The van der Waals surface area contributed by atoms with Crippen molar-refractivity contribution in [1.82, 2.24) is 0 Å². The first-order valence-corrected chi connectivity index (χ1v) is 15.9. The summed E-state index contributed by atoms with van der Waals surface area (Å²) >= 11 is 0. The third-order valence-corrected chi connectivity index (χ3v) is 10.1. The van der Waals surface area contributed by atoms with Crippen LogP contribution in [0.5, 0.6) is 11.5 Å². The molecule has 46 heavy (non-hydrogen) atoms. The van der Waals surface area contributed by atoms with Gasteiger partial charge in [-0.3, -0.25) is 0 Å². The lowest BCUT2D eigenvalue weighted by atomic mass is 9.67. The van der Waals surface area contributed by atoms with Gasteiger partial charge in [-0.05, 0) is 84.4 Å². The standard InChI is InChI=1S/C45H28O/c1-3-15-32(16-4-1)45(33-17-5-2-6-18-33)38-27-25-29-12-7-8-19-34(29)43(38)36-26-24-31(28-39(36)45)35-20-11-23-41-44(35)37-21-9-13-30-14-10-22-40(46-41)42(30)37/h1-28H. The lowest BCUT2D eigenvalue weighted by molar-refractivity contribution is 0.487. The summed E-state index contributed by atoms with van der Waals surface area (Å²) < 4.78 is 6.58. The normalized spacial score (nSPS) is 13.6. The first kappa shape index (κ1) is 25.4. The second-order valence-corrected chi connectivity index (χ2v) is 12.4. The van der Waals surface area contributed by atoms with Crippen molar-refractivity contribution in [1.29, 1.82) is 0 Å². The highest BCUT2D eigenvalue weighted by Gasteiger charge is 2.46. The van der Waals surface area contributed by atoms with Crippen molar-refractivity contribution in [2.45, 2.75) is 5.41 Å². The molecule has 0 amide bonds. The van der Waals surface area contributed by atoms with E-state index in [1.165, 1.54) is 71.6 Å². The molecule has 0 fully saturated rings. The molecule has 0 saturated heterocycles.